The lowest BCUT2D eigenvalue weighted by molar-refractivity contribution is -0.113. The average Bonchev–Trinajstić information content (AvgIpc) is 2.91. The molecule has 23 heavy (non-hydrogen) atoms. The fourth-order valence-electron chi connectivity index (χ4n) is 2.93. The maximum Gasteiger partial charge on any atom is 0.346 e. The molecule has 2 aromatic rings. The topological polar surface area (TPSA) is 74.8 Å². The summed E-state index contributed by atoms with van der Waals surface area (Å²) in [5.74, 6) is 0.157. The Bertz CT molecular complexity index is 794. The molecule has 0 bridgehead atoms. The molecule has 0 unspecified atom stereocenters. The van der Waals surface area contributed by atoms with Gasteiger partial charge in [-0.15, -0.1) is 0 Å². The van der Waals surface area contributed by atoms with Crippen LogP contribution in [-0.2, 0) is 17.6 Å². The number of anilines is 1. The molecule has 0 aliphatic heterocycles. The van der Waals surface area contributed by atoms with Gasteiger partial charge in [0.2, 0.25) is 5.91 Å². The van der Waals surface area contributed by atoms with Gasteiger partial charge in [-0.1, -0.05) is 17.8 Å². The van der Waals surface area contributed by atoms with Crippen LogP contribution in [0.2, 0.25) is 0 Å². The Morgan fingerprint density at radius 1 is 1.26 bits per heavy atom. The van der Waals surface area contributed by atoms with Crippen molar-refractivity contribution in [1.29, 1.82) is 0 Å². The zero-order chi connectivity index (χ0) is 16.4. The minimum atomic E-state index is -0.331. The highest BCUT2D eigenvalue weighted by Crippen LogP contribution is 2.27. The van der Waals surface area contributed by atoms with E-state index in [1.54, 1.807) is 0 Å². The van der Waals surface area contributed by atoms with Crippen LogP contribution in [0.15, 0.2) is 28.0 Å². The van der Waals surface area contributed by atoms with Crippen molar-refractivity contribution >= 4 is 23.4 Å². The summed E-state index contributed by atoms with van der Waals surface area (Å²) in [6.45, 7) is 4.00. The van der Waals surface area contributed by atoms with Gasteiger partial charge in [-0.25, -0.2) is 4.79 Å². The predicted molar refractivity (Wildman–Crippen MR) is 92.2 cm³/mol. The highest BCUT2D eigenvalue weighted by molar-refractivity contribution is 8.00. The first-order valence-electron chi connectivity index (χ1n) is 7.64. The van der Waals surface area contributed by atoms with E-state index in [2.05, 4.69) is 21.4 Å². The Labute approximate surface area is 138 Å². The van der Waals surface area contributed by atoms with E-state index in [0.29, 0.717) is 5.03 Å². The third kappa shape index (κ3) is 3.82. The van der Waals surface area contributed by atoms with Gasteiger partial charge < -0.3 is 10.3 Å². The third-order valence-electron chi connectivity index (χ3n) is 3.78. The van der Waals surface area contributed by atoms with Crippen LogP contribution in [0.3, 0.4) is 0 Å². The molecule has 120 valence electrons. The SMILES string of the molecule is Cc1cc(C)cc(NC(=O)CSc2nc(=O)[nH]c3c2CCC3)c1. The number of aromatic nitrogens is 2. The molecular weight excluding hydrogens is 310 g/mol. The number of H-pyrrole nitrogens is 1. The van der Waals surface area contributed by atoms with Gasteiger partial charge in [0.05, 0.1) is 5.75 Å². The highest BCUT2D eigenvalue weighted by Gasteiger charge is 2.18. The van der Waals surface area contributed by atoms with Crippen molar-refractivity contribution in [1.82, 2.24) is 9.97 Å². The van der Waals surface area contributed by atoms with Crippen LogP contribution in [0.1, 0.15) is 28.8 Å². The number of fused-ring (bicyclic) bond motifs is 1. The summed E-state index contributed by atoms with van der Waals surface area (Å²) >= 11 is 1.33. The molecular formula is C17H19N3O2S. The largest absolute Gasteiger partial charge is 0.346 e. The summed E-state index contributed by atoms with van der Waals surface area (Å²) in [4.78, 5) is 30.5. The first-order chi connectivity index (χ1) is 11.0. The normalized spacial score (nSPS) is 13.0. The number of carbonyl (C=O) groups is 1. The molecule has 0 fully saturated rings. The maximum atomic E-state index is 12.1. The Morgan fingerprint density at radius 3 is 2.74 bits per heavy atom. The van der Waals surface area contributed by atoms with Gasteiger partial charge in [-0.2, -0.15) is 4.98 Å². The first kappa shape index (κ1) is 15.8. The summed E-state index contributed by atoms with van der Waals surface area (Å²) in [6.07, 6.45) is 2.83. The lowest BCUT2D eigenvalue weighted by atomic mass is 10.1. The summed E-state index contributed by atoms with van der Waals surface area (Å²) in [6, 6.07) is 5.95. The van der Waals surface area contributed by atoms with Gasteiger partial charge in [0.1, 0.15) is 5.03 Å². The number of thioether (sulfide) groups is 1. The van der Waals surface area contributed by atoms with E-state index >= 15 is 0 Å². The number of nitrogens with one attached hydrogen (secondary N) is 2. The standard InChI is InChI=1S/C17H19N3O2S/c1-10-6-11(2)8-12(7-10)18-15(21)9-23-16-13-4-3-5-14(13)19-17(22)20-16/h6-8H,3-5,9H2,1-2H3,(H,18,21)(H,19,20,22). The Balaban J connectivity index is 1.67. The van der Waals surface area contributed by atoms with E-state index in [1.807, 2.05) is 26.0 Å². The molecule has 1 heterocycles. The molecule has 0 radical (unpaired) electrons. The lowest BCUT2D eigenvalue weighted by Gasteiger charge is -2.09. The van der Waals surface area contributed by atoms with E-state index in [1.165, 1.54) is 11.8 Å². The van der Waals surface area contributed by atoms with Crippen molar-refractivity contribution < 1.29 is 4.79 Å². The van der Waals surface area contributed by atoms with Crippen LogP contribution in [0.4, 0.5) is 5.69 Å². The zero-order valence-corrected chi connectivity index (χ0v) is 14.0. The summed E-state index contributed by atoms with van der Waals surface area (Å²) in [5, 5.41) is 3.59. The van der Waals surface area contributed by atoms with E-state index in [0.717, 1.165) is 47.3 Å². The fourth-order valence-corrected chi connectivity index (χ4v) is 3.82. The second kappa shape index (κ2) is 6.58. The number of rotatable bonds is 4. The molecule has 1 amide bonds. The molecule has 0 atom stereocenters. The maximum absolute atomic E-state index is 12.1. The van der Waals surface area contributed by atoms with Crippen LogP contribution in [0, 0.1) is 13.8 Å². The molecule has 0 saturated carbocycles. The van der Waals surface area contributed by atoms with Gasteiger partial charge in [0.25, 0.3) is 0 Å². The van der Waals surface area contributed by atoms with Gasteiger partial charge in [-0.05, 0) is 56.4 Å². The van der Waals surface area contributed by atoms with Crippen molar-refractivity contribution in [3.63, 3.8) is 0 Å². The van der Waals surface area contributed by atoms with Crippen LogP contribution < -0.4 is 11.0 Å². The van der Waals surface area contributed by atoms with E-state index in [-0.39, 0.29) is 17.3 Å². The first-order valence-corrected chi connectivity index (χ1v) is 8.63. The number of aryl methyl sites for hydroxylation is 3. The quantitative estimate of drug-likeness (QED) is 0.668. The number of nitrogens with zero attached hydrogens (tertiary/aromatic N) is 1. The smallest absolute Gasteiger partial charge is 0.325 e. The monoisotopic (exact) mass is 329 g/mol. The van der Waals surface area contributed by atoms with E-state index in [4.69, 9.17) is 0 Å². The summed E-state index contributed by atoms with van der Waals surface area (Å²) in [5.41, 5.74) is 4.76. The molecule has 6 heteroatoms. The van der Waals surface area contributed by atoms with Crippen LogP contribution in [0.5, 0.6) is 0 Å². The van der Waals surface area contributed by atoms with Crippen LogP contribution in [0.25, 0.3) is 0 Å². The van der Waals surface area contributed by atoms with Crippen molar-refractivity contribution in [3.8, 4) is 0 Å². The molecule has 3 rings (SSSR count). The zero-order valence-electron chi connectivity index (χ0n) is 13.2. The fraction of sp³-hybridized carbons (Fsp3) is 0.353. The van der Waals surface area contributed by atoms with Gasteiger partial charge in [0, 0.05) is 16.9 Å². The molecule has 0 spiro atoms. The number of benzene rings is 1. The van der Waals surface area contributed by atoms with Gasteiger partial charge in [0.15, 0.2) is 0 Å². The summed E-state index contributed by atoms with van der Waals surface area (Å²) in [7, 11) is 0. The molecule has 2 N–H and O–H groups in total. The molecule has 5 nitrogen and oxygen atoms in total. The van der Waals surface area contributed by atoms with Crippen LogP contribution >= 0.6 is 11.8 Å². The van der Waals surface area contributed by atoms with E-state index < -0.39 is 0 Å². The number of hydrogen-bond acceptors (Lipinski definition) is 4. The molecule has 1 aromatic heterocycles. The molecule has 1 aliphatic carbocycles. The molecule has 1 aromatic carbocycles. The molecule has 1 aliphatic rings. The second-order valence-electron chi connectivity index (χ2n) is 5.87. The molecule has 0 saturated heterocycles. The number of amides is 1. The Morgan fingerprint density at radius 2 is 2.00 bits per heavy atom. The van der Waals surface area contributed by atoms with Gasteiger partial charge >= 0.3 is 5.69 Å². The Kier molecular flexibility index (Phi) is 4.52. The van der Waals surface area contributed by atoms with E-state index in [9.17, 15) is 9.59 Å². The summed E-state index contributed by atoms with van der Waals surface area (Å²) < 4.78 is 0. The number of hydrogen-bond donors (Lipinski definition) is 2. The van der Waals surface area contributed by atoms with Crippen LogP contribution in [-0.4, -0.2) is 21.6 Å². The van der Waals surface area contributed by atoms with Crippen molar-refractivity contribution in [2.75, 3.05) is 11.1 Å². The van der Waals surface area contributed by atoms with Crippen molar-refractivity contribution in [3.05, 3.63) is 51.1 Å². The highest BCUT2D eigenvalue weighted by atomic mass is 32.2. The minimum absolute atomic E-state index is 0.0890. The third-order valence-corrected chi connectivity index (χ3v) is 4.80. The number of carbonyl (C=O) groups excluding carboxylic acids is 1. The lowest BCUT2D eigenvalue weighted by Crippen LogP contribution is -2.17. The van der Waals surface area contributed by atoms with Gasteiger partial charge in [-0.3, -0.25) is 4.79 Å². The minimum Gasteiger partial charge on any atom is -0.325 e. The Hall–Kier alpha value is -2.08. The van der Waals surface area contributed by atoms with Crippen molar-refractivity contribution in [2.24, 2.45) is 0 Å². The number of aromatic amines is 1. The average molecular weight is 329 g/mol. The van der Waals surface area contributed by atoms with Crippen molar-refractivity contribution in [2.45, 2.75) is 38.1 Å². The second-order valence-corrected chi connectivity index (χ2v) is 6.84. The predicted octanol–water partition coefficient (Wildman–Crippen LogP) is 2.61.